The van der Waals surface area contributed by atoms with E-state index in [-0.39, 0.29) is 42.3 Å². The van der Waals surface area contributed by atoms with Gasteiger partial charge in [-0.1, -0.05) is 51.3 Å². The lowest BCUT2D eigenvalue weighted by molar-refractivity contribution is -0.525. The molecule has 0 aromatic heterocycles. The zero-order chi connectivity index (χ0) is 30.7. The number of amides is 3. The maximum atomic E-state index is 13.7. The average Bonchev–Trinajstić information content (AvgIpc) is 3.27. The van der Waals surface area contributed by atoms with E-state index in [2.05, 4.69) is 55.6 Å². The van der Waals surface area contributed by atoms with Crippen molar-refractivity contribution >= 4 is 30.7 Å². The number of carbonyl (C=O) groups is 2. The number of urea groups is 1. The number of hydrogen-bond donors (Lipinski definition) is 5. The Labute approximate surface area is 247 Å². The van der Waals surface area contributed by atoms with Crippen LogP contribution in [-0.4, -0.2) is 60.3 Å². The van der Waals surface area contributed by atoms with Crippen LogP contribution in [0.5, 0.6) is 0 Å². The zero-order valence-electron chi connectivity index (χ0n) is 25.1. The van der Waals surface area contributed by atoms with Crippen molar-refractivity contribution in [2.75, 3.05) is 11.9 Å². The molecular formula is C28H44BN7O6. The molecule has 6 atom stereocenters. The number of rotatable bonds is 12. The summed E-state index contributed by atoms with van der Waals surface area (Å²) in [5, 5.41) is 18.4. The molecule has 42 heavy (non-hydrogen) atoms. The molecule has 1 aliphatic heterocycles. The Bertz CT molecular complexity index is 1170. The fourth-order valence-corrected chi connectivity index (χ4v) is 6.84. The molecule has 1 aromatic rings. The van der Waals surface area contributed by atoms with Gasteiger partial charge in [-0.2, -0.15) is 0 Å². The summed E-state index contributed by atoms with van der Waals surface area (Å²) in [4.78, 5) is 41.0. The summed E-state index contributed by atoms with van der Waals surface area (Å²) in [6, 6.07) is 7.47. The van der Waals surface area contributed by atoms with Gasteiger partial charge in [-0.15, -0.1) is 0 Å². The first-order chi connectivity index (χ1) is 19.8. The molecule has 4 aliphatic rings. The van der Waals surface area contributed by atoms with Crippen molar-refractivity contribution in [3.05, 3.63) is 40.4 Å². The lowest BCUT2D eigenvalue weighted by Gasteiger charge is -2.64. The van der Waals surface area contributed by atoms with Crippen molar-refractivity contribution in [2.45, 2.75) is 90.4 Å². The number of aliphatic imine (C=N–C) groups is 1. The van der Waals surface area contributed by atoms with E-state index >= 15 is 0 Å². The van der Waals surface area contributed by atoms with Crippen LogP contribution in [0.15, 0.2) is 35.3 Å². The highest BCUT2D eigenvalue weighted by atomic mass is 16.7. The fraction of sp³-hybridized carbons (Fsp3) is 0.679. The van der Waals surface area contributed by atoms with Gasteiger partial charge >= 0.3 is 13.1 Å². The molecule has 13 nitrogen and oxygen atoms in total. The van der Waals surface area contributed by atoms with Crippen molar-refractivity contribution in [3.63, 3.8) is 0 Å². The number of nitro groups is 1. The van der Waals surface area contributed by atoms with Crippen LogP contribution in [0.3, 0.4) is 0 Å². The molecule has 0 unspecified atom stereocenters. The van der Waals surface area contributed by atoms with E-state index in [1.54, 1.807) is 29.7 Å². The molecule has 3 saturated carbocycles. The number of anilines is 1. The second-order valence-corrected chi connectivity index (χ2v) is 12.9. The Morgan fingerprint density at radius 2 is 1.90 bits per heavy atom. The van der Waals surface area contributed by atoms with Crippen molar-refractivity contribution in [3.8, 4) is 0 Å². The Kier molecular flexibility index (Phi) is 9.66. The first-order valence-corrected chi connectivity index (χ1v) is 14.8. The minimum atomic E-state index is -0.908. The number of para-hydroxylation sites is 1. The van der Waals surface area contributed by atoms with Crippen LogP contribution in [0, 0.1) is 33.3 Å². The summed E-state index contributed by atoms with van der Waals surface area (Å²) in [5.41, 5.74) is 7.66. The number of nitrogens with two attached hydrogens (primary N) is 1. The van der Waals surface area contributed by atoms with Crippen LogP contribution in [0.1, 0.15) is 66.7 Å². The van der Waals surface area contributed by atoms with E-state index < -0.39 is 35.8 Å². The summed E-state index contributed by atoms with van der Waals surface area (Å²) >= 11 is 0. The fourth-order valence-electron chi connectivity index (χ4n) is 6.84. The summed E-state index contributed by atoms with van der Waals surface area (Å²) in [7, 11) is -0.599. The highest BCUT2D eigenvalue weighted by Gasteiger charge is 2.68. The van der Waals surface area contributed by atoms with E-state index in [1.165, 1.54) is 0 Å². The largest absolute Gasteiger partial charge is 0.481 e. The first kappa shape index (κ1) is 31.5. The van der Waals surface area contributed by atoms with Gasteiger partial charge in [0.05, 0.1) is 17.6 Å². The zero-order valence-corrected chi connectivity index (χ0v) is 25.1. The minimum absolute atomic E-state index is 0.0208. The monoisotopic (exact) mass is 585 g/mol. The smallest absolute Gasteiger partial charge is 0.404 e. The molecule has 0 radical (unpaired) electrons. The quantitative estimate of drug-likeness (QED) is 0.0620. The number of hydrazine groups is 1. The van der Waals surface area contributed by atoms with Gasteiger partial charge in [0.1, 0.15) is 6.04 Å². The van der Waals surface area contributed by atoms with Crippen LogP contribution in [0.2, 0.25) is 0 Å². The average molecular weight is 586 g/mol. The highest BCUT2D eigenvalue weighted by Crippen LogP contribution is 2.65. The predicted molar refractivity (Wildman–Crippen MR) is 160 cm³/mol. The van der Waals surface area contributed by atoms with Crippen molar-refractivity contribution in [1.82, 2.24) is 16.1 Å². The molecule has 14 heteroatoms. The van der Waals surface area contributed by atoms with Crippen LogP contribution in [0.4, 0.5) is 10.5 Å². The van der Waals surface area contributed by atoms with E-state index in [0.29, 0.717) is 30.4 Å². The maximum absolute atomic E-state index is 13.7. The van der Waals surface area contributed by atoms with Gasteiger partial charge < -0.3 is 31.0 Å². The van der Waals surface area contributed by atoms with Crippen molar-refractivity contribution in [2.24, 2.45) is 33.9 Å². The number of nitrogens with one attached hydrogen (secondary N) is 4. The van der Waals surface area contributed by atoms with Crippen LogP contribution in [0.25, 0.3) is 0 Å². The maximum Gasteiger partial charge on any atom is 0.481 e. The molecule has 5 rings (SSSR count). The van der Waals surface area contributed by atoms with Crippen LogP contribution in [-0.2, 0) is 14.1 Å². The molecule has 1 aromatic carbocycles. The lowest BCUT2D eigenvalue weighted by Crippen LogP contribution is -2.65. The van der Waals surface area contributed by atoms with Gasteiger partial charge in [-0.3, -0.25) is 4.79 Å². The second-order valence-electron chi connectivity index (χ2n) is 12.9. The SMILES string of the molecule is CC(C)C[C@H](NC(=O)[C@H](CCCN=C(N)N[N+](=O)[O-])NC(=O)Nc1ccccc1)B1O[C@@H]2C[C@@H]3C[C@@H](C3(C)C)[C@]2(C)O1. The van der Waals surface area contributed by atoms with E-state index in [1.807, 2.05) is 6.07 Å². The molecule has 2 bridgehead atoms. The first-order valence-electron chi connectivity index (χ1n) is 14.8. The topological polar surface area (TPSA) is 182 Å². The summed E-state index contributed by atoms with van der Waals surface area (Å²) < 4.78 is 13.2. The number of nitrogens with zero attached hydrogens (tertiary/aromatic N) is 2. The molecule has 0 spiro atoms. The van der Waals surface area contributed by atoms with Crippen molar-refractivity contribution < 1.29 is 23.9 Å². The summed E-state index contributed by atoms with van der Waals surface area (Å²) in [6.45, 7) is 11.0. The molecule has 1 heterocycles. The summed E-state index contributed by atoms with van der Waals surface area (Å²) in [5.74, 6) is 0.125. The normalized spacial score (nSPS) is 27.3. The molecular weight excluding hydrogens is 541 g/mol. The Morgan fingerprint density at radius 3 is 2.55 bits per heavy atom. The van der Waals surface area contributed by atoms with Gasteiger partial charge in [-0.05, 0) is 74.3 Å². The Hall–Kier alpha value is -3.39. The molecule has 230 valence electrons. The van der Waals surface area contributed by atoms with E-state index in [0.717, 1.165) is 12.8 Å². The third kappa shape index (κ3) is 7.15. The Morgan fingerprint density at radius 1 is 1.19 bits per heavy atom. The number of benzene rings is 1. The standard InChI is InChI=1S/C28H44BN7O6/c1-17(2)14-23(29-41-22-16-18-15-21(27(18,3)4)28(22,5)42-29)34-24(37)20(12-9-13-31-25(30)35-36(39)40)33-26(38)32-19-10-7-6-8-11-19/h6-8,10-11,17-18,20-23H,9,12-16H2,1-5H3,(H,34,37)(H3,30,31,35)(H2,32,33,38)/t18-,20-,21-,22+,23-,28-/m0/s1. The molecule has 4 fully saturated rings. The molecule has 3 amide bonds. The van der Waals surface area contributed by atoms with Gasteiger partial charge in [0.25, 0.3) is 5.96 Å². The molecule has 1 saturated heterocycles. The third-order valence-corrected chi connectivity index (χ3v) is 9.14. The molecule has 6 N–H and O–H groups in total. The number of guanidine groups is 1. The number of carbonyl (C=O) groups excluding carboxylic acids is 2. The van der Waals surface area contributed by atoms with Crippen LogP contribution < -0.4 is 27.1 Å². The van der Waals surface area contributed by atoms with Gasteiger partial charge in [0.15, 0.2) is 5.03 Å². The lowest BCUT2D eigenvalue weighted by atomic mass is 9.43. The summed E-state index contributed by atoms with van der Waals surface area (Å²) in [6.07, 6.45) is 3.25. The van der Waals surface area contributed by atoms with Crippen LogP contribution >= 0.6 is 0 Å². The highest BCUT2D eigenvalue weighted by molar-refractivity contribution is 6.48. The third-order valence-electron chi connectivity index (χ3n) is 9.14. The second kappa shape index (κ2) is 12.9. The van der Waals surface area contributed by atoms with E-state index in [4.69, 9.17) is 15.0 Å². The Balaban J connectivity index is 1.44. The van der Waals surface area contributed by atoms with Gasteiger partial charge in [0, 0.05) is 12.2 Å². The minimum Gasteiger partial charge on any atom is -0.404 e. The number of hydrogen-bond acceptors (Lipinski definition) is 7. The van der Waals surface area contributed by atoms with Crippen molar-refractivity contribution in [1.29, 1.82) is 0 Å². The van der Waals surface area contributed by atoms with E-state index in [9.17, 15) is 19.7 Å². The molecule has 3 aliphatic carbocycles. The van der Waals surface area contributed by atoms with Gasteiger partial charge in [0.2, 0.25) is 5.91 Å². The van der Waals surface area contributed by atoms with Gasteiger partial charge in [-0.25, -0.2) is 19.9 Å². The predicted octanol–water partition coefficient (Wildman–Crippen LogP) is 2.85.